The van der Waals surface area contributed by atoms with E-state index in [4.69, 9.17) is 18.9 Å². The highest BCUT2D eigenvalue weighted by atomic mass is 16.7. The number of unbranched alkanes of at least 4 members (excludes halogenated alkanes) is 14. The van der Waals surface area contributed by atoms with E-state index < -0.39 is 0 Å². The molecule has 0 aromatic rings. The van der Waals surface area contributed by atoms with E-state index in [0.717, 1.165) is 51.9 Å². The fourth-order valence-corrected chi connectivity index (χ4v) is 3.79. The van der Waals surface area contributed by atoms with Gasteiger partial charge in [0, 0.05) is 13.2 Å². The molecule has 4 heteroatoms. The number of hydrogen-bond donors (Lipinski definition) is 0. The molecule has 0 rings (SSSR count). The summed E-state index contributed by atoms with van der Waals surface area (Å²) in [5.41, 5.74) is 0. The zero-order valence-corrected chi connectivity index (χ0v) is 22.6. The molecule has 0 aromatic carbocycles. The van der Waals surface area contributed by atoms with E-state index >= 15 is 0 Å². The predicted molar refractivity (Wildman–Crippen MR) is 141 cm³/mol. The summed E-state index contributed by atoms with van der Waals surface area (Å²) in [6.45, 7) is 9.39. The maximum absolute atomic E-state index is 5.80. The van der Waals surface area contributed by atoms with Gasteiger partial charge < -0.3 is 18.9 Å². The minimum absolute atomic E-state index is 0.0157. The van der Waals surface area contributed by atoms with Gasteiger partial charge in [0.25, 0.3) is 0 Å². The number of allylic oxidation sites excluding steroid dienone is 1. The SMILES string of the molecule is CCCCCCCCOCOC=CCCCCCCCCCCCC(OCCC)OCCC. The van der Waals surface area contributed by atoms with Gasteiger partial charge in [-0.2, -0.15) is 0 Å². The van der Waals surface area contributed by atoms with E-state index in [9.17, 15) is 0 Å². The van der Waals surface area contributed by atoms with Gasteiger partial charge in [0.05, 0.1) is 12.9 Å². The molecule has 0 amide bonds. The quantitative estimate of drug-likeness (QED) is 0.0648. The van der Waals surface area contributed by atoms with Crippen LogP contribution in [0.25, 0.3) is 0 Å². The topological polar surface area (TPSA) is 36.9 Å². The molecule has 0 saturated carbocycles. The average Bonchev–Trinajstić information content (AvgIpc) is 2.83. The van der Waals surface area contributed by atoms with Crippen LogP contribution < -0.4 is 0 Å². The summed E-state index contributed by atoms with van der Waals surface area (Å²) in [5.74, 6) is 0. The first-order chi connectivity index (χ1) is 16.3. The van der Waals surface area contributed by atoms with Crippen LogP contribution >= 0.6 is 0 Å². The summed E-state index contributed by atoms with van der Waals surface area (Å²) in [5, 5.41) is 0. The van der Waals surface area contributed by atoms with Crippen LogP contribution in [0.2, 0.25) is 0 Å². The smallest absolute Gasteiger partial charge is 0.188 e. The van der Waals surface area contributed by atoms with Crippen LogP contribution in [0.5, 0.6) is 0 Å². The summed E-state index contributed by atoms with van der Waals surface area (Å²) >= 11 is 0. The Morgan fingerprint density at radius 2 is 1.09 bits per heavy atom. The van der Waals surface area contributed by atoms with Gasteiger partial charge >= 0.3 is 0 Å². The number of rotatable bonds is 28. The second kappa shape index (κ2) is 29.5. The molecule has 33 heavy (non-hydrogen) atoms. The Hall–Kier alpha value is -0.580. The third kappa shape index (κ3) is 27.5. The highest BCUT2D eigenvalue weighted by Crippen LogP contribution is 2.14. The maximum Gasteiger partial charge on any atom is 0.188 e. The van der Waals surface area contributed by atoms with E-state index in [-0.39, 0.29) is 6.29 Å². The van der Waals surface area contributed by atoms with Gasteiger partial charge in [-0.15, -0.1) is 0 Å². The Kier molecular flexibility index (Phi) is 28.9. The fraction of sp³-hybridized carbons (Fsp3) is 0.931. The van der Waals surface area contributed by atoms with Gasteiger partial charge in [0.2, 0.25) is 0 Å². The summed E-state index contributed by atoms with van der Waals surface area (Å²) in [6.07, 6.45) is 27.9. The lowest BCUT2D eigenvalue weighted by molar-refractivity contribution is -0.146. The Bertz CT molecular complexity index is 365. The van der Waals surface area contributed by atoms with Crippen molar-refractivity contribution >= 4 is 0 Å². The molecule has 198 valence electrons. The summed E-state index contributed by atoms with van der Waals surface area (Å²) in [4.78, 5) is 0. The van der Waals surface area contributed by atoms with Gasteiger partial charge in [-0.05, 0) is 51.0 Å². The number of hydrogen-bond acceptors (Lipinski definition) is 4. The molecule has 0 N–H and O–H groups in total. The van der Waals surface area contributed by atoms with Crippen molar-refractivity contribution in [1.29, 1.82) is 0 Å². The molecule has 0 heterocycles. The van der Waals surface area contributed by atoms with Crippen LogP contribution in [0, 0.1) is 0 Å². The van der Waals surface area contributed by atoms with Gasteiger partial charge in [0.15, 0.2) is 13.1 Å². The fourth-order valence-electron chi connectivity index (χ4n) is 3.79. The monoisotopic (exact) mass is 470 g/mol. The van der Waals surface area contributed by atoms with Crippen LogP contribution in [-0.4, -0.2) is 32.9 Å². The first-order valence-electron chi connectivity index (χ1n) is 14.4. The summed E-state index contributed by atoms with van der Waals surface area (Å²) in [6, 6.07) is 0. The van der Waals surface area contributed by atoms with Crippen molar-refractivity contribution in [3.8, 4) is 0 Å². The minimum atomic E-state index is 0.0157. The molecular formula is C29H58O4. The number of ether oxygens (including phenoxy) is 4. The van der Waals surface area contributed by atoms with Crippen molar-refractivity contribution < 1.29 is 18.9 Å². The lowest BCUT2D eigenvalue weighted by Crippen LogP contribution is -2.18. The minimum Gasteiger partial charge on any atom is -0.475 e. The van der Waals surface area contributed by atoms with Gasteiger partial charge in [-0.3, -0.25) is 0 Å². The highest BCUT2D eigenvalue weighted by Gasteiger charge is 2.08. The Morgan fingerprint density at radius 1 is 0.545 bits per heavy atom. The van der Waals surface area contributed by atoms with Crippen LogP contribution in [0.3, 0.4) is 0 Å². The predicted octanol–water partition coefficient (Wildman–Crippen LogP) is 9.32. The second-order valence-corrected chi connectivity index (χ2v) is 9.26. The molecule has 0 aliphatic rings. The van der Waals surface area contributed by atoms with Gasteiger partial charge in [-0.1, -0.05) is 97.8 Å². The molecule has 0 spiro atoms. The largest absolute Gasteiger partial charge is 0.475 e. The van der Waals surface area contributed by atoms with Crippen LogP contribution in [0.1, 0.15) is 143 Å². The van der Waals surface area contributed by atoms with E-state index in [1.54, 1.807) is 0 Å². The molecule has 0 unspecified atom stereocenters. The first-order valence-corrected chi connectivity index (χ1v) is 14.4. The molecule has 4 nitrogen and oxygen atoms in total. The Morgan fingerprint density at radius 3 is 1.70 bits per heavy atom. The van der Waals surface area contributed by atoms with E-state index in [2.05, 4.69) is 26.8 Å². The lowest BCUT2D eigenvalue weighted by Gasteiger charge is -2.18. The van der Waals surface area contributed by atoms with Crippen LogP contribution in [0.15, 0.2) is 12.3 Å². The van der Waals surface area contributed by atoms with Crippen molar-refractivity contribution in [3.63, 3.8) is 0 Å². The highest BCUT2D eigenvalue weighted by molar-refractivity contribution is 4.72. The molecule has 0 atom stereocenters. The third-order valence-corrected chi connectivity index (χ3v) is 5.81. The molecule has 0 aromatic heterocycles. The Labute approximate surface area is 207 Å². The van der Waals surface area contributed by atoms with Gasteiger partial charge in [0.1, 0.15) is 0 Å². The molecule has 0 saturated heterocycles. The van der Waals surface area contributed by atoms with Crippen LogP contribution in [-0.2, 0) is 18.9 Å². The Balaban J connectivity index is 3.26. The second-order valence-electron chi connectivity index (χ2n) is 9.26. The summed E-state index contributed by atoms with van der Waals surface area (Å²) < 4.78 is 22.5. The van der Waals surface area contributed by atoms with E-state index in [1.807, 2.05) is 6.26 Å². The molecule has 0 aliphatic heterocycles. The van der Waals surface area contributed by atoms with Crippen molar-refractivity contribution in [2.45, 2.75) is 149 Å². The normalized spacial score (nSPS) is 11.8. The zero-order valence-electron chi connectivity index (χ0n) is 22.6. The van der Waals surface area contributed by atoms with Crippen molar-refractivity contribution in [2.75, 3.05) is 26.6 Å². The molecular weight excluding hydrogens is 412 g/mol. The van der Waals surface area contributed by atoms with E-state index in [1.165, 1.54) is 89.9 Å². The lowest BCUT2D eigenvalue weighted by atomic mass is 10.1. The molecule has 0 bridgehead atoms. The summed E-state index contributed by atoms with van der Waals surface area (Å²) in [7, 11) is 0. The first kappa shape index (κ1) is 32.4. The van der Waals surface area contributed by atoms with Crippen molar-refractivity contribution in [1.82, 2.24) is 0 Å². The standard InChI is InChI=1S/C29H58O4/c1-4-7-8-9-18-21-26-30-28-31-27-22-19-16-14-12-10-11-13-15-17-20-23-29(32-24-5-2)33-25-6-3/h22,27,29H,4-21,23-26,28H2,1-3H3. The van der Waals surface area contributed by atoms with Crippen LogP contribution in [0.4, 0.5) is 0 Å². The average molecular weight is 471 g/mol. The van der Waals surface area contributed by atoms with Crippen molar-refractivity contribution in [2.24, 2.45) is 0 Å². The molecule has 0 fully saturated rings. The molecule has 0 aliphatic carbocycles. The maximum atomic E-state index is 5.80. The zero-order chi connectivity index (χ0) is 24.1. The van der Waals surface area contributed by atoms with Crippen molar-refractivity contribution in [3.05, 3.63) is 12.3 Å². The third-order valence-electron chi connectivity index (χ3n) is 5.81. The molecule has 0 radical (unpaired) electrons. The van der Waals surface area contributed by atoms with Gasteiger partial charge in [-0.25, -0.2) is 0 Å². The van der Waals surface area contributed by atoms with E-state index in [0.29, 0.717) is 6.79 Å².